The van der Waals surface area contributed by atoms with Gasteiger partial charge in [0.15, 0.2) is 5.58 Å². The molecule has 0 atom stereocenters. The maximum absolute atomic E-state index is 11.8. The maximum atomic E-state index is 11.8. The third-order valence-electron chi connectivity index (χ3n) is 3.75. The Morgan fingerprint density at radius 2 is 1.90 bits per heavy atom. The van der Waals surface area contributed by atoms with Crippen LogP contribution in [0, 0.1) is 13.8 Å². The van der Waals surface area contributed by atoms with E-state index >= 15 is 0 Å². The molecule has 0 spiro atoms. The normalized spacial score (nSPS) is 11.0. The Bertz CT molecular complexity index is 830. The van der Waals surface area contributed by atoms with Gasteiger partial charge in [0.1, 0.15) is 0 Å². The number of hydrogen-bond donors (Lipinski definition) is 1. The van der Waals surface area contributed by atoms with Crippen LogP contribution in [-0.4, -0.2) is 11.1 Å². The lowest BCUT2D eigenvalue weighted by atomic mass is 10.1. The van der Waals surface area contributed by atoms with Gasteiger partial charge in [-0.25, -0.2) is 4.79 Å². The molecule has 4 nitrogen and oxygen atoms in total. The van der Waals surface area contributed by atoms with E-state index in [0.717, 1.165) is 11.2 Å². The van der Waals surface area contributed by atoms with Crippen molar-refractivity contribution in [2.45, 2.75) is 20.4 Å². The van der Waals surface area contributed by atoms with Crippen molar-refractivity contribution in [2.24, 2.45) is 0 Å². The maximum Gasteiger partial charge on any atom is 0.420 e. The number of anilines is 1. The van der Waals surface area contributed by atoms with Crippen molar-refractivity contribution >= 4 is 16.8 Å². The molecule has 3 rings (SSSR count). The molecule has 2 aromatic carbocycles. The van der Waals surface area contributed by atoms with Gasteiger partial charge in [-0.15, -0.1) is 0 Å². The summed E-state index contributed by atoms with van der Waals surface area (Å²) >= 11 is 0. The minimum atomic E-state index is -0.307. The highest BCUT2D eigenvalue weighted by Gasteiger charge is 2.07. The SMILES string of the molecule is Cc1ccc(NCCn2c(=O)oc3ccccc32)cc1C. The fourth-order valence-corrected chi connectivity index (χ4v) is 2.39. The van der Waals surface area contributed by atoms with Crippen molar-refractivity contribution in [3.8, 4) is 0 Å². The molecule has 0 unspecified atom stereocenters. The van der Waals surface area contributed by atoms with Crippen LogP contribution >= 0.6 is 0 Å². The zero-order chi connectivity index (χ0) is 14.8. The average molecular weight is 282 g/mol. The van der Waals surface area contributed by atoms with Gasteiger partial charge in [0.2, 0.25) is 0 Å². The first kappa shape index (κ1) is 13.5. The van der Waals surface area contributed by atoms with E-state index in [9.17, 15) is 4.79 Å². The van der Waals surface area contributed by atoms with E-state index in [0.29, 0.717) is 18.7 Å². The van der Waals surface area contributed by atoms with Crippen LogP contribution in [0.15, 0.2) is 51.7 Å². The Balaban J connectivity index is 1.73. The largest absolute Gasteiger partial charge is 0.420 e. The smallest absolute Gasteiger partial charge is 0.408 e. The van der Waals surface area contributed by atoms with Crippen LogP contribution in [-0.2, 0) is 6.54 Å². The molecule has 0 fully saturated rings. The highest BCUT2D eigenvalue weighted by atomic mass is 16.4. The van der Waals surface area contributed by atoms with Crippen LogP contribution in [0.4, 0.5) is 5.69 Å². The Hall–Kier alpha value is -2.49. The summed E-state index contributed by atoms with van der Waals surface area (Å²) in [6.07, 6.45) is 0. The molecule has 1 N–H and O–H groups in total. The van der Waals surface area contributed by atoms with Gasteiger partial charge >= 0.3 is 5.76 Å². The summed E-state index contributed by atoms with van der Waals surface area (Å²) in [5.74, 6) is -0.307. The van der Waals surface area contributed by atoms with Crippen molar-refractivity contribution in [2.75, 3.05) is 11.9 Å². The number of nitrogens with zero attached hydrogens (tertiary/aromatic N) is 1. The van der Waals surface area contributed by atoms with Crippen molar-refractivity contribution < 1.29 is 4.42 Å². The lowest BCUT2D eigenvalue weighted by Gasteiger charge is -2.09. The Morgan fingerprint density at radius 3 is 2.71 bits per heavy atom. The number of benzene rings is 2. The van der Waals surface area contributed by atoms with Gasteiger partial charge in [0, 0.05) is 18.8 Å². The Morgan fingerprint density at radius 1 is 1.10 bits per heavy atom. The number of aryl methyl sites for hydroxylation is 2. The predicted molar refractivity (Wildman–Crippen MR) is 84.9 cm³/mol. The fraction of sp³-hybridized carbons (Fsp3) is 0.235. The lowest BCUT2D eigenvalue weighted by molar-refractivity contribution is 0.510. The van der Waals surface area contributed by atoms with E-state index in [2.05, 4.69) is 37.4 Å². The van der Waals surface area contributed by atoms with Crippen molar-refractivity contribution in [3.63, 3.8) is 0 Å². The highest BCUT2D eigenvalue weighted by molar-refractivity contribution is 5.72. The molecular weight excluding hydrogens is 264 g/mol. The number of fused-ring (bicyclic) bond motifs is 1. The molecule has 0 saturated carbocycles. The van der Waals surface area contributed by atoms with E-state index in [-0.39, 0.29) is 5.76 Å². The Labute approximate surface area is 123 Å². The summed E-state index contributed by atoms with van der Waals surface area (Å²) in [4.78, 5) is 11.8. The van der Waals surface area contributed by atoms with Crippen LogP contribution in [0.1, 0.15) is 11.1 Å². The molecule has 0 saturated heterocycles. The Kier molecular flexibility index (Phi) is 3.52. The predicted octanol–water partition coefficient (Wildman–Crippen LogP) is 3.32. The number of oxazole rings is 1. The van der Waals surface area contributed by atoms with E-state index in [1.807, 2.05) is 24.3 Å². The lowest BCUT2D eigenvalue weighted by Crippen LogP contribution is -2.19. The molecule has 3 aromatic rings. The number of rotatable bonds is 4. The molecule has 0 radical (unpaired) electrons. The van der Waals surface area contributed by atoms with Crippen molar-refractivity contribution in [1.29, 1.82) is 0 Å². The molecule has 0 aliphatic carbocycles. The van der Waals surface area contributed by atoms with Crippen molar-refractivity contribution in [3.05, 3.63) is 64.1 Å². The van der Waals surface area contributed by atoms with Gasteiger partial charge in [-0.2, -0.15) is 0 Å². The summed E-state index contributed by atoms with van der Waals surface area (Å²) in [6, 6.07) is 13.7. The van der Waals surface area contributed by atoms with Crippen LogP contribution < -0.4 is 11.1 Å². The second-order valence-electron chi connectivity index (χ2n) is 5.21. The van der Waals surface area contributed by atoms with Gasteiger partial charge in [-0.05, 0) is 49.2 Å². The minimum absolute atomic E-state index is 0.307. The zero-order valence-electron chi connectivity index (χ0n) is 12.2. The standard InChI is InChI=1S/C17H18N2O2/c1-12-7-8-14(11-13(12)2)18-9-10-19-15-5-3-4-6-16(15)21-17(19)20/h3-8,11,18H,9-10H2,1-2H3. The van der Waals surface area contributed by atoms with E-state index < -0.39 is 0 Å². The summed E-state index contributed by atoms with van der Waals surface area (Å²) in [7, 11) is 0. The van der Waals surface area contributed by atoms with Gasteiger partial charge in [0.05, 0.1) is 5.52 Å². The van der Waals surface area contributed by atoms with Gasteiger partial charge in [-0.3, -0.25) is 4.57 Å². The highest BCUT2D eigenvalue weighted by Crippen LogP contribution is 2.14. The quantitative estimate of drug-likeness (QED) is 0.798. The topological polar surface area (TPSA) is 47.2 Å². The van der Waals surface area contributed by atoms with E-state index in [4.69, 9.17) is 4.42 Å². The first-order chi connectivity index (χ1) is 10.1. The molecular formula is C17H18N2O2. The van der Waals surface area contributed by atoms with Crippen LogP contribution in [0.25, 0.3) is 11.1 Å². The van der Waals surface area contributed by atoms with Gasteiger partial charge in [0.25, 0.3) is 0 Å². The fourth-order valence-electron chi connectivity index (χ4n) is 2.39. The number of nitrogens with one attached hydrogen (secondary N) is 1. The number of hydrogen-bond acceptors (Lipinski definition) is 3. The minimum Gasteiger partial charge on any atom is -0.408 e. The summed E-state index contributed by atoms with van der Waals surface area (Å²) < 4.78 is 6.87. The number of para-hydroxylation sites is 2. The number of aromatic nitrogens is 1. The second-order valence-corrected chi connectivity index (χ2v) is 5.21. The average Bonchev–Trinajstić information content (AvgIpc) is 2.79. The van der Waals surface area contributed by atoms with Crippen LogP contribution in [0.5, 0.6) is 0 Å². The van der Waals surface area contributed by atoms with Crippen LogP contribution in [0.3, 0.4) is 0 Å². The van der Waals surface area contributed by atoms with E-state index in [1.54, 1.807) is 4.57 Å². The molecule has 0 amide bonds. The summed E-state index contributed by atoms with van der Waals surface area (Å²) in [5, 5.41) is 3.34. The van der Waals surface area contributed by atoms with Crippen molar-refractivity contribution in [1.82, 2.24) is 4.57 Å². The van der Waals surface area contributed by atoms with Gasteiger partial charge in [-0.1, -0.05) is 18.2 Å². The molecule has 108 valence electrons. The molecule has 0 bridgehead atoms. The molecule has 4 heteroatoms. The molecule has 1 aromatic heterocycles. The summed E-state index contributed by atoms with van der Waals surface area (Å²) in [5.41, 5.74) is 5.07. The zero-order valence-corrected chi connectivity index (χ0v) is 12.2. The van der Waals surface area contributed by atoms with Gasteiger partial charge < -0.3 is 9.73 Å². The molecule has 1 heterocycles. The second kappa shape index (κ2) is 5.48. The molecule has 21 heavy (non-hydrogen) atoms. The third kappa shape index (κ3) is 2.70. The third-order valence-corrected chi connectivity index (χ3v) is 3.75. The van der Waals surface area contributed by atoms with Crippen LogP contribution in [0.2, 0.25) is 0 Å². The molecule has 0 aliphatic heterocycles. The monoisotopic (exact) mass is 282 g/mol. The first-order valence-electron chi connectivity index (χ1n) is 7.04. The summed E-state index contributed by atoms with van der Waals surface area (Å²) in [6.45, 7) is 5.43. The first-order valence-corrected chi connectivity index (χ1v) is 7.04. The van der Waals surface area contributed by atoms with E-state index in [1.165, 1.54) is 11.1 Å². The molecule has 0 aliphatic rings.